The molecule has 25 heavy (non-hydrogen) atoms. The Bertz CT molecular complexity index is 530. The molecule has 0 heterocycles. The zero-order chi connectivity index (χ0) is 18.2. The SMILES string of the molecule is CN=C(NCC(C)c1ccccc1OC)NCC(OC)C(C)(C)C.I. The number of aliphatic imine (C=N–C) groups is 1. The highest BCUT2D eigenvalue weighted by atomic mass is 127. The molecule has 1 rings (SSSR count). The van der Waals surface area contributed by atoms with E-state index in [4.69, 9.17) is 9.47 Å². The smallest absolute Gasteiger partial charge is 0.191 e. The lowest BCUT2D eigenvalue weighted by Crippen LogP contribution is -2.46. The molecule has 144 valence electrons. The van der Waals surface area contributed by atoms with E-state index in [-0.39, 0.29) is 35.5 Å². The van der Waals surface area contributed by atoms with Gasteiger partial charge in [0.25, 0.3) is 0 Å². The number of para-hydroxylation sites is 1. The Balaban J connectivity index is 0.00000576. The Morgan fingerprint density at radius 2 is 1.72 bits per heavy atom. The summed E-state index contributed by atoms with van der Waals surface area (Å²) in [6, 6.07) is 8.11. The van der Waals surface area contributed by atoms with Crippen molar-refractivity contribution in [2.45, 2.75) is 39.7 Å². The van der Waals surface area contributed by atoms with E-state index in [0.717, 1.165) is 18.3 Å². The van der Waals surface area contributed by atoms with E-state index in [9.17, 15) is 0 Å². The summed E-state index contributed by atoms with van der Waals surface area (Å²) in [5, 5.41) is 6.72. The van der Waals surface area contributed by atoms with E-state index in [1.165, 1.54) is 5.56 Å². The topological polar surface area (TPSA) is 54.9 Å². The van der Waals surface area contributed by atoms with Crippen molar-refractivity contribution in [3.8, 4) is 5.75 Å². The van der Waals surface area contributed by atoms with Crippen molar-refractivity contribution < 1.29 is 9.47 Å². The molecule has 0 aliphatic rings. The van der Waals surface area contributed by atoms with Crippen LogP contribution in [0, 0.1) is 5.41 Å². The van der Waals surface area contributed by atoms with Crippen molar-refractivity contribution in [2.24, 2.45) is 10.4 Å². The molecule has 0 saturated carbocycles. The Hall–Kier alpha value is -1.02. The fraction of sp³-hybridized carbons (Fsp3) is 0.632. The summed E-state index contributed by atoms with van der Waals surface area (Å²) in [4.78, 5) is 4.29. The number of rotatable bonds is 7. The number of hydrogen-bond acceptors (Lipinski definition) is 3. The molecule has 2 atom stereocenters. The van der Waals surface area contributed by atoms with E-state index >= 15 is 0 Å². The second-order valence-electron chi connectivity index (χ2n) is 7.07. The molecule has 0 fully saturated rings. The molecule has 0 aliphatic heterocycles. The molecule has 0 saturated heterocycles. The lowest BCUT2D eigenvalue weighted by Gasteiger charge is -2.30. The van der Waals surface area contributed by atoms with Crippen LogP contribution in [0.4, 0.5) is 0 Å². The first-order valence-electron chi connectivity index (χ1n) is 8.43. The van der Waals surface area contributed by atoms with Gasteiger partial charge in [0, 0.05) is 33.2 Å². The molecule has 0 aromatic heterocycles. The van der Waals surface area contributed by atoms with Crippen LogP contribution >= 0.6 is 24.0 Å². The number of ether oxygens (including phenoxy) is 2. The standard InChI is InChI=1S/C19H33N3O2.HI/c1-14(15-10-8-9-11-16(15)23-6)12-21-18(20-5)22-13-17(24-7)19(2,3)4;/h8-11,14,17H,12-13H2,1-7H3,(H2,20,21,22);1H. The van der Waals surface area contributed by atoms with E-state index in [1.54, 1.807) is 21.3 Å². The molecular formula is C19H34IN3O2. The number of methoxy groups -OCH3 is 2. The number of hydrogen-bond donors (Lipinski definition) is 2. The normalized spacial score (nSPS) is 14.3. The van der Waals surface area contributed by atoms with E-state index in [0.29, 0.717) is 12.5 Å². The van der Waals surface area contributed by atoms with E-state index in [2.05, 4.69) is 49.4 Å². The van der Waals surface area contributed by atoms with Crippen LogP contribution < -0.4 is 15.4 Å². The van der Waals surface area contributed by atoms with Gasteiger partial charge in [-0.1, -0.05) is 45.9 Å². The van der Waals surface area contributed by atoms with E-state index in [1.807, 2.05) is 18.2 Å². The van der Waals surface area contributed by atoms with Crippen molar-refractivity contribution in [2.75, 3.05) is 34.4 Å². The minimum atomic E-state index is 0. The summed E-state index contributed by atoms with van der Waals surface area (Å²) in [6.45, 7) is 10.2. The number of nitrogens with one attached hydrogen (secondary N) is 2. The highest BCUT2D eigenvalue weighted by Gasteiger charge is 2.24. The summed E-state index contributed by atoms with van der Waals surface area (Å²) in [5.74, 6) is 2.01. The summed E-state index contributed by atoms with van der Waals surface area (Å²) in [5.41, 5.74) is 1.26. The monoisotopic (exact) mass is 463 g/mol. The third-order valence-electron chi connectivity index (χ3n) is 4.17. The van der Waals surface area contributed by atoms with Crippen LogP contribution in [0.15, 0.2) is 29.3 Å². The fourth-order valence-corrected chi connectivity index (χ4v) is 2.59. The maximum absolute atomic E-state index is 5.57. The first kappa shape index (κ1) is 24.0. The summed E-state index contributed by atoms with van der Waals surface area (Å²) in [6.07, 6.45) is 0.114. The largest absolute Gasteiger partial charge is 0.496 e. The molecule has 0 radical (unpaired) electrons. The predicted octanol–water partition coefficient (Wildman–Crippen LogP) is 3.64. The van der Waals surface area contributed by atoms with Gasteiger partial charge in [-0.15, -0.1) is 24.0 Å². The number of nitrogens with zero attached hydrogens (tertiary/aromatic N) is 1. The molecule has 0 bridgehead atoms. The van der Waals surface area contributed by atoms with Crippen molar-refractivity contribution in [1.82, 2.24) is 10.6 Å². The molecule has 1 aromatic carbocycles. The summed E-state index contributed by atoms with van der Waals surface area (Å²) >= 11 is 0. The number of benzene rings is 1. The Morgan fingerprint density at radius 1 is 1.12 bits per heavy atom. The average molecular weight is 463 g/mol. The first-order chi connectivity index (χ1) is 11.3. The molecule has 0 aliphatic carbocycles. The minimum absolute atomic E-state index is 0. The van der Waals surface area contributed by atoms with Gasteiger partial charge in [-0.2, -0.15) is 0 Å². The second kappa shape index (κ2) is 11.6. The molecule has 2 N–H and O–H groups in total. The van der Waals surface area contributed by atoms with Crippen LogP contribution in [0.1, 0.15) is 39.2 Å². The van der Waals surface area contributed by atoms with Gasteiger partial charge in [0.1, 0.15) is 5.75 Å². The van der Waals surface area contributed by atoms with Gasteiger partial charge >= 0.3 is 0 Å². The lowest BCUT2D eigenvalue weighted by molar-refractivity contribution is 0.0205. The summed E-state index contributed by atoms with van der Waals surface area (Å²) < 4.78 is 11.0. The number of guanidine groups is 1. The first-order valence-corrected chi connectivity index (χ1v) is 8.43. The predicted molar refractivity (Wildman–Crippen MR) is 116 cm³/mol. The van der Waals surface area contributed by atoms with Crippen molar-refractivity contribution in [3.63, 3.8) is 0 Å². The zero-order valence-electron chi connectivity index (χ0n) is 16.6. The lowest BCUT2D eigenvalue weighted by atomic mass is 9.89. The third kappa shape index (κ3) is 7.81. The number of halogens is 1. The molecular weight excluding hydrogens is 429 g/mol. The molecule has 0 amide bonds. The Morgan fingerprint density at radius 3 is 2.24 bits per heavy atom. The quantitative estimate of drug-likeness (QED) is 0.369. The molecule has 2 unspecified atom stereocenters. The highest BCUT2D eigenvalue weighted by Crippen LogP contribution is 2.25. The Kier molecular flexibility index (Phi) is 11.1. The average Bonchev–Trinajstić information content (AvgIpc) is 2.56. The fourth-order valence-electron chi connectivity index (χ4n) is 2.59. The van der Waals surface area contributed by atoms with E-state index < -0.39 is 0 Å². The molecule has 6 heteroatoms. The minimum Gasteiger partial charge on any atom is -0.496 e. The van der Waals surface area contributed by atoms with Crippen molar-refractivity contribution >= 4 is 29.9 Å². The molecule has 0 spiro atoms. The summed E-state index contributed by atoms with van der Waals surface area (Å²) in [7, 11) is 5.23. The van der Waals surface area contributed by atoms with Gasteiger partial charge in [0.05, 0.1) is 13.2 Å². The van der Waals surface area contributed by atoms with Crippen LogP contribution in [0.25, 0.3) is 0 Å². The maximum Gasteiger partial charge on any atom is 0.191 e. The van der Waals surface area contributed by atoms with Crippen LogP contribution in [0.3, 0.4) is 0 Å². The van der Waals surface area contributed by atoms with Gasteiger partial charge in [0.15, 0.2) is 5.96 Å². The van der Waals surface area contributed by atoms with Gasteiger partial charge in [-0.25, -0.2) is 0 Å². The van der Waals surface area contributed by atoms with Crippen LogP contribution in [0.2, 0.25) is 0 Å². The van der Waals surface area contributed by atoms with Crippen molar-refractivity contribution in [1.29, 1.82) is 0 Å². The highest BCUT2D eigenvalue weighted by molar-refractivity contribution is 14.0. The van der Waals surface area contributed by atoms with Gasteiger partial charge in [-0.3, -0.25) is 4.99 Å². The molecule has 1 aromatic rings. The van der Waals surface area contributed by atoms with Crippen LogP contribution in [-0.2, 0) is 4.74 Å². The van der Waals surface area contributed by atoms with Crippen LogP contribution in [0.5, 0.6) is 5.75 Å². The maximum atomic E-state index is 5.57. The van der Waals surface area contributed by atoms with Gasteiger partial charge in [0.2, 0.25) is 0 Å². The second-order valence-corrected chi connectivity index (χ2v) is 7.07. The van der Waals surface area contributed by atoms with Crippen LogP contribution in [-0.4, -0.2) is 46.4 Å². The third-order valence-corrected chi connectivity index (χ3v) is 4.17. The molecule has 5 nitrogen and oxygen atoms in total. The van der Waals surface area contributed by atoms with Gasteiger partial charge in [-0.05, 0) is 17.0 Å². The van der Waals surface area contributed by atoms with Gasteiger partial charge < -0.3 is 20.1 Å². The van der Waals surface area contributed by atoms with Crippen molar-refractivity contribution in [3.05, 3.63) is 29.8 Å². The Labute approximate surface area is 170 Å². The zero-order valence-corrected chi connectivity index (χ0v) is 18.9.